The number of rotatable bonds is 6. The van der Waals surface area contributed by atoms with Gasteiger partial charge < -0.3 is 19.7 Å². The molecule has 2 atom stereocenters. The number of ether oxygens (including phenoxy) is 2. The lowest BCUT2D eigenvalue weighted by Crippen LogP contribution is -2.25. The molecular formula is C14H22O5. The van der Waals surface area contributed by atoms with E-state index in [0.29, 0.717) is 0 Å². The van der Waals surface area contributed by atoms with Crippen molar-refractivity contribution < 1.29 is 24.5 Å². The zero-order valence-corrected chi connectivity index (χ0v) is 11.6. The Kier molecular flexibility index (Phi) is 9.70. The van der Waals surface area contributed by atoms with Crippen molar-refractivity contribution in [2.75, 3.05) is 20.8 Å². The average Bonchev–Trinajstić information content (AvgIpc) is 2.41. The van der Waals surface area contributed by atoms with Crippen LogP contribution in [-0.2, 0) is 20.7 Å². The molecule has 0 aliphatic heterocycles. The van der Waals surface area contributed by atoms with Gasteiger partial charge in [0.2, 0.25) is 6.29 Å². The third-order valence-corrected chi connectivity index (χ3v) is 2.57. The second kappa shape index (κ2) is 10.5. The predicted octanol–water partition coefficient (Wildman–Crippen LogP) is 1.08. The Morgan fingerprint density at radius 2 is 1.89 bits per heavy atom. The van der Waals surface area contributed by atoms with E-state index in [1.54, 1.807) is 14.2 Å². The topological polar surface area (TPSA) is 76.0 Å². The monoisotopic (exact) mass is 270 g/mol. The van der Waals surface area contributed by atoms with E-state index in [2.05, 4.69) is 9.47 Å². The summed E-state index contributed by atoms with van der Waals surface area (Å²) < 4.78 is 8.71. The molecule has 0 aromatic heterocycles. The van der Waals surface area contributed by atoms with Crippen LogP contribution < -0.4 is 0 Å². The summed E-state index contributed by atoms with van der Waals surface area (Å²) in [5, 5.41) is 18.8. The van der Waals surface area contributed by atoms with Crippen LogP contribution in [0.4, 0.5) is 0 Å². The molecule has 0 aliphatic carbocycles. The molecule has 0 heterocycles. The maximum atomic E-state index is 10.2. The van der Waals surface area contributed by atoms with Gasteiger partial charge in [0.15, 0.2) is 0 Å². The van der Waals surface area contributed by atoms with E-state index in [1.165, 1.54) is 0 Å². The molecule has 0 spiro atoms. The molecule has 0 radical (unpaired) electrons. The second-order valence-electron chi connectivity index (χ2n) is 3.87. The fourth-order valence-corrected chi connectivity index (χ4v) is 1.71. The molecule has 0 bridgehead atoms. The Balaban J connectivity index is 0.000000982. The molecule has 2 N–H and O–H groups in total. The molecule has 0 fully saturated rings. The maximum absolute atomic E-state index is 10.2. The van der Waals surface area contributed by atoms with Crippen LogP contribution in [0.1, 0.15) is 24.0 Å². The van der Waals surface area contributed by atoms with Gasteiger partial charge in [-0.25, -0.2) is 0 Å². The standard InChI is InChI=1S/C12H16O4.C2H6O/c1-2-9-5-3-4-6-10(9)11(7-13)12(15)16-8-14;1-3-2/h3-6,8,11-13,15H,2,7H2,1H3;1-2H3. The van der Waals surface area contributed by atoms with Gasteiger partial charge >= 0.3 is 0 Å². The summed E-state index contributed by atoms with van der Waals surface area (Å²) >= 11 is 0. The first kappa shape index (κ1) is 17.6. The molecule has 0 saturated heterocycles. The highest BCUT2D eigenvalue weighted by atomic mass is 16.6. The normalized spacial score (nSPS) is 12.9. The molecule has 0 aliphatic rings. The minimum absolute atomic E-state index is 0.182. The first-order valence-electron chi connectivity index (χ1n) is 6.02. The van der Waals surface area contributed by atoms with E-state index < -0.39 is 12.2 Å². The summed E-state index contributed by atoms with van der Waals surface area (Å²) in [7, 11) is 3.25. The SMILES string of the molecule is CCc1ccccc1C(CO)C(O)OC=O.COC. The molecule has 5 nitrogen and oxygen atoms in total. The number of methoxy groups -OCH3 is 1. The predicted molar refractivity (Wildman–Crippen MR) is 71.7 cm³/mol. The van der Waals surface area contributed by atoms with E-state index in [9.17, 15) is 15.0 Å². The van der Waals surface area contributed by atoms with Gasteiger partial charge in [0.1, 0.15) is 0 Å². The lowest BCUT2D eigenvalue weighted by Gasteiger charge is -2.21. The average molecular weight is 270 g/mol. The quantitative estimate of drug-likeness (QED) is 0.597. The Morgan fingerprint density at radius 3 is 2.37 bits per heavy atom. The Morgan fingerprint density at radius 1 is 1.32 bits per heavy atom. The molecule has 1 rings (SSSR count). The minimum atomic E-state index is -1.31. The first-order chi connectivity index (χ1) is 9.15. The first-order valence-corrected chi connectivity index (χ1v) is 6.02. The van der Waals surface area contributed by atoms with Gasteiger partial charge in [0.05, 0.1) is 12.5 Å². The van der Waals surface area contributed by atoms with Gasteiger partial charge in [0, 0.05) is 14.2 Å². The maximum Gasteiger partial charge on any atom is 0.295 e. The highest BCUT2D eigenvalue weighted by Gasteiger charge is 2.23. The smallest absolute Gasteiger partial charge is 0.295 e. The Hall–Kier alpha value is -1.43. The third kappa shape index (κ3) is 5.83. The highest BCUT2D eigenvalue weighted by molar-refractivity contribution is 5.38. The summed E-state index contributed by atoms with van der Waals surface area (Å²) in [4.78, 5) is 10.2. The number of hydrogen-bond donors (Lipinski definition) is 2. The van der Waals surface area contributed by atoms with Crippen molar-refractivity contribution in [1.29, 1.82) is 0 Å². The largest absolute Gasteiger partial charge is 0.437 e. The summed E-state index contributed by atoms with van der Waals surface area (Å²) in [5.41, 5.74) is 1.83. The lowest BCUT2D eigenvalue weighted by molar-refractivity contribution is -0.157. The van der Waals surface area contributed by atoms with Crippen molar-refractivity contribution in [3.8, 4) is 0 Å². The van der Waals surface area contributed by atoms with Crippen LogP contribution in [0.25, 0.3) is 0 Å². The molecule has 19 heavy (non-hydrogen) atoms. The van der Waals surface area contributed by atoms with Crippen molar-refractivity contribution in [3.63, 3.8) is 0 Å². The summed E-state index contributed by atoms with van der Waals surface area (Å²) in [6.07, 6.45) is -0.518. The van der Waals surface area contributed by atoms with Gasteiger partial charge in [-0.3, -0.25) is 4.79 Å². The van der Waals surface area contributed by atoms with Gasteiger partial charge in [-0.05, 0) is 17.5 Å². The second-order valence-corrected chi connectivity index (χ2v) is 3.87. The Labute approximate surface area is 113 Å². The zero-order chi connectivity index (χ0) is 14.7. The van der Waals surface area contributed by atoms with Crippen LogP contribution in [0.5, 0.6) is 0 Å². The van der Waals surface area contributed by atoms with Crippen molar-refractivity contribution in [2.24, 2.45) is 0 Å². The number of carbonyl (C=O) groups excluding carboxylic acids is 1. The van der Waals surface area contributed by atoms with Crippen LogP contribution in [0.2, 0.25) is 0 Å². The number of hydrogen-bond acceptors (Lipinski definition) is 5. The van der Waals surface area contributed by atoms with Gasteiger partial charge in [0.25, 0.3) is 6.47 Å². The number of aliphatic hydroxyl groups is 2. The fourth-order valence-electron chi connectivity index (χ4n) is 1.71. The van der Waals surface area contributed by atoms with Crippen LogP contribution in [0.3, 0.4) is 0 Å². The van der Waals surface area contributed by atoms with Crippen molar-refractivity contribution in [2.45, 2.75) is 25.6 Å². The number of benzene rings is 1. The van der Waals surface area contributed by atoms with Crippen LogP contribution >= 0.6 is 0 Å². The Bertz CT molecular complexity index is 353. The van der Waals surface area contributed by atoms with E-state index in [4.69, 9.17) is 0 Å². The van der Waals surface area contributed by atoms with E-state index in [1.807, 2.05) is 31.2 Å². The molecule has 0 amide bonds. The molecule has 2 unspecified atom stereocenters. The van der Waals surface area contributed by atoms with Crippen LogP contribution in [0, 0.1) is 0 Å². The molecule has 108 valence electrons. The molecule has 1 aromatic rings. The summed E-state index contributed by atoms with van der Waals surface area (Å²) in [5.74, 6) is -0.596. The minimum Gasteiger partial charge on any atom is -0.437 e. The van der Waals surface area contributed by atoms with Gasteiger partial charge in [-0.2, -0.15) is 0 Å². The van der Waals surface area contributed by atoms with E-state index in [-0.39, 0.29) is 13.1 Å². The molecular weight excluding hydrogens is 248 g/mol. The van der Waals surface area contributed by atoms with Gasteiger partial charge in [-0.1, -0.05) is 31.2 Å². The van der Waals surface area contributed by atoms with Crippen molar-refractivity contribution >= 4 is 6.47 Å². The molecule has 5 heteroatoms. The van der Waals surface area contributed by atoms with Crippen LogP contribution in [0.15, 0.2) is 24.3 Å². The third-order valence-electron chi connectivity index (χ3n) is 2.57. The number of aryl methyl sites for hydroxylation is 1. The summed E-state index contributed by atoms with van der Waals surface area (Å²) in [6.45, 7) is 1.90. The van der Waals surface area contributed by atoms with Gasteiger partial charge in [-0.15, -0.1) is 0 Å². The van der Waals surface area contributed by atoms with Crippen LogP contribution in [-0.4, -0.2) is 43.8 Å². The van der Waals surface area contributed by atoms with Crippen molar-refractivity contribution in [3.05, 3.63) is 35.4 Å². The molecule has 0 saturated carbocycles. The molecule has 1 aromatic carbocycles. The van der Waals surface area contributed by atoms with Crippen molar-refractivity contribution in [1.82, 2.24) is 0 Å². The fraction of sp³-hybridized carbons (Fsp3) is 0.500. The van der Waals surface area contributed by atoms with E-state index in [0.717, 1.165) is 17.5 Å². The zero-order valence-electron chi connectivity index (χ0n) is 11.6. The summed E-state index contributed by atoms with van der Waals surface area (Å²) in [6, 6.07) is 7.46. The lowest BCUT2D eigenvalue weighted by atomic mass is 9.93. The number of aliphatic hydroxyl groups excluding tert-OH is 2. The van der Waals surface area contributed by atoms with E-state index >= 15 is 0 Å². The highest BCUT2D eigenvalue weighted by Crippen LogP contribution is 2.24. The number of carbonyl (C=O) groups is 1.